The summed E-state index contributed by atoms with van der Waals surface area (Å²) in [4.78, 5) is 2.73. The summed E-state index contributed by atoms with van der Waals surface area (Å²) in [5.41, 5.74) is 0. The molecule has 0 bridgehead atoms. The van der Waals surface area contributed by atoms with Crippen LogP contribution < -0.4 is 5.32 Å². The van der Waals surface area contributed by atoms with E-state index in [4.69, 9.17) is 0 Å². The molecule has 82 valence electrons. The summed E-state index contributed by atoms with van der Waals surface area (Å²) < 4.78 is 0. The van der Waals surface area contributed by atoms with Crippen molar-refractivity contribution in [3.63, 3.8) is 0 Å². The fraction of sp³-hybridized carbons (Fsp3) is 1.00. The zero-order valence-electron chi connectivity index (χ0n) is 9.47. The Kier molecular flexibility index (Phi) is 3.82. The van der Waals surface area contributed by atoms with Crippen LogP contribution in [0.1, 0.15) is 39.0 Å². The summed E-state index contributed by atoms with van der Waals surface area (Å²) in [6.45, 7) is 7.44. The lowest BCUT2D eigenvalue weighted by Gasteiger charge is -2.39. The molecule has 1 aliphatic heterocycles. The van der Waals surface area contributed by atoms with Crippen LogP contribution in [0.5, 0.6) is 0 Å². The number of rotatable bonds is 5. The second-order valence-electron chi connectivity index (χ2n) is 4.96. The van der Waals surface area contributed by atoms with E-state index in [0.29, 0.717) is 0 Å². The van der Waals surface area contributed by atoms with Crippen LogP contribution in [0.25, 0.3) is 0 Å². The standard InChI is InChI=1S/C12H24N2/c1-2-7-14(12-8-13-9-12)10-11-5-3-4-6-11/h11-13H,2-10H2,1H3. The molecule has 0 aromatic rings. The van der Waals surface area contributed by atoms with Crippen molar-refractivity contribution >= 4 is 0 Å². The Labute approximate surface area is 88.1 Å². The summed E-state index contributed by atoms with van der Waals surface area (Å²) in [7, 11) is 0. The first kappa shape index (κ1) is 10.4. The molecule has 1 N–H and O–H groups in total. The van der Waals surface area contributed by atoms with Crippen LogP contribution in [-0.4, -0.2) is 37.1 Å². The lowest BCUT2D eigenvalue weighted by Crippen LogP contribution is -2.58. The zero-order valence-corrected chi connectivity index (χ0v) is 9.47. The Hall–Kier alpha value is -0.0800. The van der Waals surface area contributed by atoms with Crippen molar-refractivity contribution in [3.05, 3.63) is 0 Å². The normalized spacial score (nSPS) is 24.4. The molecule has 0 atom stereocenters. The first-order valence-electron chi connectivity index (χ1n) is 6.35. The molecule has 2 rings (SSSR count). The molecule has 1 heterocycles. The van der Waals surface area contributed by atoms with Gasteiger partial charge in [-0.05, 0) is 31.7 Å². The number of hydrogen-bond acceptors (Lipinski definition) is 2. The molecule has 0 spiro atoms. The molecular weight excluding hydrogens is 172 g/mol. The van der Waals surface area contributed by atoms with Gasteiger partial charge in [0.1, 0.15) is 0 Å². The lowest BCUT2D eigenvalue weighted by atomic mass is 10.0. The minimum Gasteiger partial charge on any atom is -0.314 e. The Balaban J connectivity index is 1.76. The fourth-order valence-corrected chi connectivity index (χ4v) is 2.77. The topological polar surface area (TPSA) is 15.3 Å². The van der Waals surface area contributed by atoms with Crippen molar-refractivity contribution in [2.75, 3.05) is 26.2 Å². The van der Waals surface area contributed by atoms with Gasteiger partial charge >= 0.3 is 0 Å². The molecule has 2 aliphatic rings. The largest absolute Gasteiger partial charge is 0.314 e. The summed E-state index contributed by atoms with van der Waals surface area (Å²) in [5, 5.41) is 3.38. The molecule has 0 aromatic carbocycles. The van der Waals surface area contributed by atoms with Crippen LogP contribution >= 0.6 is 0 Å². The van der Waals surface area contributed by atoms with Crippen molar-refractivity contribution < 1.29 is 0 Å². The summed E-state index contributed by atoms with van der Waals surface area (Å²) >= 11 is 0. The van der Waals surface area contributed by atoms with Crippen LogP contribution in [0.4, 0.5) is 0 Å². The van der Waals surface area contributed by atoms with Gasteiger partial charge in [0, 0.05) is 25.7 Å². The van der Waals surface area contributed by atoms with E-state index in [1.54, 1.807) is 0 Å². The first-order valence-corrected chi connectivity index (χ1v) is 6.35. The Morgan fingerprint density at radius 2 is 1.93 bits per heavy atom. The van der Waals surface area contributed by atoms with Gasteiger partial charge in [0.25, 0.3) is 0 Å². The third-order valence-corrected chi connectivity index (χ3v) is 3.75. The predicted molar refractivity (Wildman–Crippen MR) is 60.5 cm³/mol. The Morgan fingerprint density at radius 1 is 1.21 bits per heavy atom. The van der Waals surface area contributed by atoms with E-state index in [0.717, 1.165) is 12.0 Å². The van der Waals surface area contributed by atoms with Gasteiger partial charge in [0.15, 0.2) is 0 Å². The molecule has 1 saturated heterocycles. The van der Waals surface area contributed by atoms with Crippen molar-refractivity contribution in [1.82, 2.24) is 10.2 Å². The molecule has 2 fully saturated rings. The van der Waals surface area contributed by atoms with Crippen LogP contribution in [0.3, 0.4) is 0 Å². The van der Waals surface area contributed by atoms with Crippen LogP contribution in [-0.2, 0) is 0 Å². The third-order valence-electron chi connectivity index (χ3n) is 3.75. The highest BCUT2D eigenvalue weighted by Gasteiger charge is 2.26. The summed E-state index contributed by atoms with van der Waals surface area (Å²) in [6.07, 6.45) is 7.24. The van der Waals surface area contributed by atoms with Gasteiger partial charge in [-0.3, -0.25) is 4.90 Å². The molecular formula is C12H24N2. The highest BCUT2D eigenvalue weighted by Crippen LogP contribution is 2.26. The van der Waals surface area contributed by atoms with Gasteiger partial charge in [0.05, 0.1) is 0 Å². The maximum Gasteiger partial charge on any atom is 0.0345 e. The second kappa shape index (κ2) is 5.13. The highest BCUT2D eigenvalue weighted by atomic mass is 15.2. The van der Waals surface area contributed by atoms with Gasteiger partial charge in [-0.1, -0.05) is 19.8 Å². The first-order chi connectivity index (χ1) is 6.90. The predicted octanol–water partition coefficient (Wildman–Crippen LogP) is 1.86. The molecule has 14 heavy (non-hydrogen) atoms. The fourth-order valence-electron chi connectivity index (χ4n) is 2.77. The van der Waals surface area contributed by atoms with Crippen molar-refractivity contribution in [1.29, 1.82) is 0 Å². The van der Waals surface area contributed by atoms with Gasteiger partial charge < -0.3 is 5.32 Å². The molecule has 0 radical (unpaired) electrons. The van der Waals surface area contributed by atoms with Crippen molar-refractivity contribution in [2.24, 2.45) is 5.92 Å². The SMILES string of the molecule is CCCN(CC1CCCC1)C1CNC1. The molecule has 1 saturated carbocycles. The zero-order chi connectivity index (χ0) is 9.80. The molecule has 0 unspecified atom stereocenters. The van der Waals surface area contributed by atoms with E-state index in [1.807, 2.05) is 0 Å². The van der Waals surface area contributed by atoms with Crippen LogP contribution in [0.2, 0.25) is 0 Å². The van der Waals surface area contributed by atoms with Gasteiger partial charge in [0.2, 0.25) is 0 Å². The van der Waals surface area contributed by atoms with E-state index in [9.17, 15) is 0 Å². The third kappa shape index (κ3) is 2.48. The summed E-state index contributed by atoms with van der Waals surface area (Å²) in [5.74, 6) is 1.02. The second-order valence-corrected chi connectivity index (χ2v) is 4.96. The lowest BCUT2D eigenvalue weighted by molar-refractivity contribution is 0.124. The number of nitrogens with one attached hydrogen (secondary N) is 1. The number of nitrogens with zero attached hydrogens (tertiary/aromatic N) is 1. The smallest absolute Gasteiger partial charge is 0.0345 e. The van der Waals surface area contributed by atoms with E-state index >= 15 is 0 Å². The summed E-state index contributed by atoms with van der Waals surface area (Å²) in [6, 6.07) is 0.857. The van der Waals surface area contributed by atoms with E-state index < -0.39 is 0 Å². The Morgan fingerprint density at radius 3 is 2.43 bits per heavy atom. The average Bonchev–Trinajstić information content (AvgIpc) is 2.54. The molecule has 2 nitrogen and oxygen atoms in total. The van der Waals surface area contributed by atoms with Gasteiger partial charge in [-0.2, -0.15) is 0 Å². The number of hydrogen-bond donors (Lipinski definition) is 1. The van der Waals surface area contributed by atoms with Crippen molar-refractivity contribution in [2.45, 2.75) is 45.1 Å². The van der Waals surface area contributed by atoms with Gasteiger partial charge in [-0.25, -0.2) is 0 Å². The minimum absolute atomic E-state index is 0.857. The maximum atomic E-state index is 3.38. The quantitative estimate of drug-likeness (QED) is 0.722. The minimum atomic E-state index is 0.857. The van der Waals surface area contributed by atoms with E-state index in [-0.39, 0.29) is 0 Å². The van der Waals surface area contributed by atoms with Crippen molar-refractivity contribution in [3.8, 4) is 0 Å². The van der Waals surface area contributed by atoms with E-state index in [2.05, 4.69) is 17.1 Å². The van der Waals surface area contributed by atoms with Crippen LogP contribution in [0, 0.1) is 5.92 Å². The van der Waals surface area contributed by atoms with E-state index in [1.165, 1.54) is 58.3 Å². The van der Waals surface area contributed by atoms with Gasteiger partial charge in [-0.15, -0.1) is 0 Å². The maximum absolute atomic E-state index is 3.38. The molecule has 0 aromatic heterocycles. The molecule has 1 aliphatic carbocycles. The average molecular weight is 196 g/mol. The molecule has 2 heteroatoms. The highest BCUT2D eigenvalue weighted by molar-refractivity contribution is 4.86. The van der Waals surface area contributed by atoms with Crippen LogP contribution in [0.15, 0.2) is 0 Å². The molecule has 0 amide bonds. The monoisotopic (exact) mass is 196 g/mol. The Bertz CT molecular complexity index is 160.